The molecule has 1 N–H and O–H groups in total. The van der Waals surface area contributed by atoms with Gasteiger partial charge in [0.25, 0.3) is 5.91 Å². The number of aromatic nitrogens is 2. The molecular weight excluding hydrogens is 310 g/mol. The van der Waals surface area contributed by atoms with Crippen LogP contribution in [0.2, 0.25) is 0 Å². The molecule has 4 nitrogen and oxygen atoms in total. The van der Waals surface area contributed by atoms with Gasteiger partial charge in [0.05, 0.1) is 23.1 Å². The highest BCUT2D eigenvalue weighted by Gasteiger charge is 2.22. The molecule has 1 amide bonds. The zero-order valence-corrected chi connectivity index (χ0v) is 14.3. The largest absolute Gasteiger partial charge is 0.349 e. The van der Waals surface area contributed by atoms with Gasteiger partial charge in [-0.1, -0.05) is 42.5 Å². The SMILES string of the molecule is Cc1c(C(=O)N[C@H]2CCc3ccccc3C2)cnn1-c1ccccc1. The molecule has 4 heteroatoms. The molecule has 1 aromatic heterocycles. The fraction of sp³-hybridized carbons (Fsp3) is 0.238. The topological polar surface area (TPSA) is 46.9 Å². The molecule has 0 unspecified atom stereocenters. The number of aryl methyl sites for hydroxylation is 1. The Bertz CT molecular complexity index is 899. The molecule has 3 aromatic rings. The minimum absolute atomic E-state index is 0.0379. The number of nitrogens with one attached hydrogen (secondary N) is 1. The molecular formula is C21H21N3O. The Kier molecular flexibility index (Phi) is 4.10. The van der Waals surface area contributed by atoms with Crippen LogP contribution in [-0.4, -0.2) is 21.7 Å². The minimum Gasteiger partial charge on any atom is -0.349 e. The summed E-state index contributed by atoms with van der Waals surface area (Å²) in [7, 11) is 0. The van der Waals surface area contributed by atoms with Gasteiger partial charge in [0.1, 0.15) is 0 Å². The summed E-state index contributed by atoms with van der Waals surface area (Å²) in [6, 6.07) is 18.5. The van der Waals surface area contributed by atoms with E-state index < -0.39 is 0 Å². The quantitative estimate of drug-likeness (QED) is 0.799. The van der Waals surface area contributed by atoms with E-state index in [0.717, 1.165) is 30.6 Å². The first kappa shape index (κ1) is 15.6. The van der Waals surface area contributed by atoms with Crippen molar-refractivity contribution in [2.24, 2.45) is 0 Å². The van der Waals surface area contributed by atoms with Gasteiger partial charge >= 0.3 is 0 Å². The van der Waals surface area contributed by atoms with E-state index in [-0.39, 0.29) is 11.9 Å². The van der Waals surface area contributed by atoms with Crippen LogP contribution in [0.4, 0.5) is 0 Å². The Morgan fingerprint density at radius 1 is 1.08 bits per heavy atom. The lowest BCUT2D eigenvalue weighted by Crippen LogP contribution is -2.39. The number of hydrogen-bond donors (Lipinski definition) is 1. The average Bonchev–Trinajstić information content (AvgIpc) is 3.04. The summed E-state index contributed by atoms with van der Waals surface area (Å²) in [5.74, 6) is -0.0379. The third-order valence-corrected chi connectivity index (χ3v) is 4.94. The normalized spacial score (nSPS) is 16.3. The number of hydrogen-bond acceptors (Lipinski definition) is 2. The van der Waals surface area contributed by atoms with E-state index in [4.69, 9.17) is 0 Å². The van der Waals surface area contributed by atoms with Crippen LogP contribution in [0.15, 0.2) is 60.8 Å². The number of rotatable bonds is 3. The van der Waals surface area contributed by atoms with Crippen LogP contribution in [0.25, 0.3) is 5.69 Å². The monoisotopic (exact) mass is 331 g/mol. The lowest BCUT2D eigenvalue weighted by atomic mass is 9.88. The summed E-state index contributed by atoms with van der Waals surface area (Å²) in [4.78, 5) is 12.7. The van der Waals surface area contributed by atoms with Crippen molar-refractivity contribution in [1.29, 1.82) is 0 Å². The van der Waals surface area contributed by atoms with E-state index in [1.165, 1.54) is 11.1 Å². The number of amides is 1. The first-order valence-corrected chi connectivity index (χ1v) is 8.70. The number of para-hydroxylation sites is 1. The van der Waals surface area contributed by atoms with Crippen LogP contribution in [0, 0.1) is 6.92 Å². The maximum absolute atomic E-state index is 12.7. The van der Waals surface area contributed by atoms with E-state index in [1.807, 2.05) is 41.9 Å². The molecule has 126 valence electrons. The highest BCUT2D eigenvalue weighted by Crippen LogP contribution is 2.22. The Hall–Kier alpha value is -2.88. The van der Waals surface area contributed by atoms with Gasteiger partial charge in [0, 0.05) is 6.04 Å². The lowest BCUT2D eigenvalue weighted by molar-refractivity contribution is 0.0933. The second-order valence-electron chi connectivity index (χ2n) is 6.57. The summed E-state index contributed by atoms with van der Waals surface area (Å²) in [6.45, 7) is 1.94. The Morgan fingerprint density at radius 2 is 1.80 bits per heavy atom. The van der Waals surface area contributed by atoms with Gasteiger partial charge in [-0.3, -0.25) is 4.79 Å². The van der Waals surface area contributed by atoms with Crippen molar-refractivity contribution >= 4 is 5.91 Å². The second-order valence-corrected chi connectivity index (χ2v) is 6.57. The first-order chi connectivity index (χ1) is 12.2. The standard InChI is InChI=1S/C21H21N3O/c1-15-20(14-22-24(15)19-9-3-2-4-10-19)21(25)23-18-12-11-16-7-5-6-8-17(16)13-18/h2-10,14,18H,11-13H2,1H3,(H,23,25)/t18-/m0/s1. The van der Waals surface area contributed by atoms with Gasteiger partial charge in [-0.05, 0) is 49.4 Å². The predicted octanol–water partition coefficient (Wildman–Crippen LogP) is 3.47. The smallest absolute Gasteiger partial charge is 0.254 e. The molecule has 25 heavy (non-hydrogen) atoms. The van der Waals surface area contributed by atoms with Gasteiger partial charge in [-0.2, -0.15) is 5.10 Å². The fourth-order valence-electron chi connectivity index (χ4n) is 3.55. The zero-order chi connectivity index (χ0) is 17.2. The summed E-state index contributed by atoms with van der Waals surface area (Å²) >= 11 is 0. The van der Waals surface area contributed by atoms with Crippen molar-refractivity contribution in [2.45, 2.75) is 32.2 Å². The van der Waals surface area contributed by atoms with Gasteiger partial charge in [-0.15, -0.1) is 0 Å². The van der Waals surface area contributed by atoms with E-state index in [0.29, 0.717) is 5.56 Å². The van der Waals surface area contributed by atoms with Crippen molar-refractivity contribution in [1.82, 2.24) is 15.1 Å². The number of fused-ring (bicyclic) bond motifs is 1. The third kappa shape index (κ3) is 3.07. The van der Waals surface area contributed by atoms with Crippen LogP contribution < -0.4 is 5.32 Å². The van der Waals surface area contributed by atoms with E-state index >= 15 is 0 Å². The maximum Gasteiger partial charge on any atom is 0.254 e. The second kappa shape index (κ2) is 6.55. The molecule has 4 rings (SSSR count). The average molecular weight is 331 g/mol. The van der Waals surface area contributed by atoms with Crippen molar-refractivity contribution in [3.05, 3.63) is 83.2 Å². The predicted molar refractivity (Wildman–Crippen MR) is 98.0 cm³/mol. The molecule has 1 heterocycles. The first-order valence-electron chi connectivity index (χ1n) is 8.70. The highest BCUT2D eigenvalue weighted by molar-refractivity contribution is 5.95. The number of carbonyl (C=O) groups excluding carboxylic acids is 1. The minimum atomic E-state index is -0.0379. The number of benzene rings is 2. The molecule has 0 fully saturated rings. The van der Waals surface area contributed by atoms with Gasteiger partial charge < -0.3 is 5.32 Å². The van der Waals surface area contributed by atoms with Crippen LogP contribution in [0.5, 0.6) is 0 Å². The Morgan fingerprint density at radius 3 is 2.60 bits per heavy atom. The van der Waals surface area contributed by atoms with Crippen molar-refractivity contribution < 1.29 is 4.79 Å². The fourth-order valence-corrected chi connectivity index (χ4v) is 3.55. The van der Waals surface area contributed by atoms with Crippen molar-refractivity contribution in [2.75, 3.05) is 0 Å². The zero-order valence-electron chi connectivity index (χ0n) is 14.3. The Labute approximate surface area is 147 Å². The molecule has 1 atom stereocenters. The molecule has 0 saturated heterocycles. The molecule has 1 aliphatic rings. The summed E-state index contributed by atoms with van der Waals surface area (Å²) in [5.41, 5.74) is 5.21. The van der Waals surface area contributed by atoms with Gasteiger partial charge in [0.15, 0.2) is 0 Å². The maximum atomic E-state index is 12.7. The van der Waals surface area contributed by atoms with E-state index in [2.05, 4.69) is 34.7 Å². The van der Waals surface area contributed by atoms with Crippen molar-refractivity contribution in [3.8, 4) is 5.69 Å². The number of carbonyl (C=O) groups is 1. The molecule has 0 radical (unpaired) electrons. The van der Waals surface area contributed by atoms with Gasteiger partial charge in [-0.25, -0.2) is 4.68 Å². The molecule has 1 aliphatic carbocycles. The summed E-state index contributed by atoms with van der Waals surface area (Å²) in [6.07, 6.45) is 4.56. The molecule has 0 aliphatic heterocycles. The van der Waals surface area contributed by atoms with Crippen LogP contribution in [-0.2, 0) is 12.8 Å². The van der Waals surface area contributed by atoms with Crippen LogP contribution in [0.3, 0.4) is 0 Å². The summed E-state index contributed by atoms with van der Waals surface area (Å²) < 4.78 is 1.81. The van der Waals surface area contributed by atoms with Crippen LogP contribution >= 0.6 is 0 Å². The molecule has 0 bridgehead atoms. The molecule has 2 aromatic carbocycles. The van der Waals surface area contributed by atoms with Crippen molar-refractivity contribution in [3.63, 3.8) is 0 Å². The van der Waals surface area contributed by atoms with Crippen LogP contribution in [0.1, 0.15) is 33.6 Å². The van der Waals surface area contributed by atoms with E-state index in [1.54, 1.807) is 6.20 Å². The molecule has 0 spiro atoms. The van der Waals surface area contributed by atoms with E-state index in [9.17, 15) is 4.79 Å². The Balaban J connectivity index is 1.50. The summed E-state index contributed by atoms with van der Waals surface area (Å²) in [5, 5.41) is 7.58. The lowest BCUT2D eigenvalue weighted by Gasteiger charge is -2.25. The third-order valence-electron chi connectivity index (χ3n) is 4.94. The highest BCUT2D eigenvalue weighted by atomic mass is 16.1. The van der Waals surface area contributed by atoms with Gasteiger partial charge in [0.2, 0.25) is 0 Å². The molecule has 0 saturated carbocycles. The number of nitrogens with zero attached hydrogens (tertiary/aromatic N) is 2.